The molecule has 10 heteroatoms. The first kappa shape index (κ1) is 21.1. The Morgan fingerprint density at radius 1 is 1.17 bits per heavy atom. The van der Waals surface area contributed by atoms with Gasteiger partial charge in [-0.2, -0.15) is 5.10 Å². The molecular weight excluding hydrogens is 410 g/mol. The Morgan fingerprint density at radius 3 is 2.60 bits per heavy atom. The smallest absolute Gasteiger partial charge is 0.341 e. The first-order valence-corrected chi connectivity index (χ1v) is 10.3. The van der Waals surface area contributed by atoms with Crippen molar-refractivity contribution in [1.82, 2.24) is 10.2 Å². The molecule has 0 saturated heterocycles. The van der Waals surface area contributed by atoms with Gasteiger partial charge in [-0.05, 0) is 43.7 Å². The minimum atomic E-state index is -3.98. The summed E-state index contributed by atoms with van der Waals surface area (Å²) >= 11 is 0. The third-order valence-corrected chi connectivity index (χ3v) is 5.80. The number of benzene rings is 2. The van der Waals surface area contributed by atoms with Crippen LogP contribution in [0.5, 0.6) is 5.75 Å². The quantitative estimate of drug-likeness (QED) is 0.524. The van der Waals surface area contributed by atoms with Gasteiger partial charge in [0, 0.05) is 22.9 Å². The van der Waals surface area contributed by atoms with Crippen molar-refractivity contribution in [2.75, 3.05) is 11.3 Å². The Morgan fingerprint density at radius 2 is 1.93 bits per heavy atom. The second-order valence-corrected chi connectivity index (χ2v) is 8.16. The number of aliphatic carboxylic acids is 1. The van der Waals surface area contributed by atoms with E-state index in [9.17, 15) is 18.0 Å². The molecule has 2 aromatic carbocycles. The number of aryl methyl sites for hydroxylation is 1. The van der Waals surface area contributed by atoms with Crippen LogP contribution in [0.2, 0.25) is 0 Å². The van der Waals surface area contributed by atoms with Gasteiger partial charge in [0.2, 0.25) is 0 Å². The average molecular weight is 429 g/mol. The van der Waals surface area contributed by atoms with E-state index in [-0.39, 0.29) is 16.2 Å². The topological polar surface area (TPSA) is 138 Å². The van der Waals surface area contributed by atoms with Gasteiger partial charge in [-0.15, -0.1) is 0 Å². The summed E-state index contributed by atoms with van der Waals surface area (Å²) in [6.45, 7) is 2.68. The van der Waals surface area contributed by atoms with Gasteiger partial charge in [-0.1, -0.05) is 18.2 Å². The molecule has 0 saturated carbocycles. The monoisotopic (exact) mass is 429 g/mol. The molecule has 0 aliphatic heterocycles. The van der Waals surface area contributed by atoms with Gasteiger partial charge >= 0.3 is 5.97 Å². The summed E-state index contributed by atoms with van der Waals surface area (Å²) in [7, 11) is -3.98. The van der Waals surface area contributed by atoms with Gasteiger partial charge in [0.1, 0.15) is 5.75 Å². The number of aromatic nitrogens is 2. The van der Waals surface area contributed by atoms with Crippen molar-refractivity contribution in [1.29, 1.82) is 0 Å². The largest absolute Gasteiger partial charge is 0.481 e. The predicted octanol–water partition coefficient (Wildman–Crippen LogP) is 2.32. The third-order valence-electron chi connectivity index (χ3n) is 4.27. The number of ether oxygens (including phenoxy) is 1. The first-order chi connectivity index (χ1) is 14.2. The lowest BCUT2D eigenvalue weighted by Crippen LogP contribution is -2.16. The zero-order valence-electron chi connectivity index (χ0n) is 16.2. The Balaban J connectivity index is 1.93. The second-order valence-electron chi connectivity index (χ2n) is 6.51. The highest BCUT2D eigenvalue weighted by atomic mass is 32.2. The lowest BCUT2D eigenvalue weighted by Gasteiger charge is -2.16. The maximum Gasteiger partial charge on any atom is 0.341 e. The highest BCUT2D eigenvalue weighted by Crippen LogP contribution is 2.30. The van der Waals surface area contributed by atoms with Crippen LogP contribution in [0.4, 0.5) is 5.69 Å². The van der Waals surface area contributed by atoms with E-state index in [2.05, 4.69) is 14.9 Å². The number of hydrogen-bond acceptors (Lipinski definition) is 6. The van der Waals surface area contributed by atoms with Gasteiger partial charge in [-0.25, -0.2) is 18.3 Å². The summed E-state index contributed by atoms with van der Waals surface area (Å²) in [5, 5.41) is 15.1. The number of carboxylic acid groups (broad SMARTS) is 1. The normalized spacial score (nSPS) is 11.1. The highest BCUT2D eigenvalue weighted by Gasteiger charge is 2.21. The van der Waals surface area contributed by atoms with E-state index in [1.807, 2.05) is 0 Å². The van der Waals surface area contributed by atoms with E-state index >= 15 is 0 Å². The van der Waals surface area contributed by atoms with Crippen molar-refractivity contribution in [3.05, 3.63) is 70.0 Å². The van der Waals surface area contributed by atoms with Crippen LogP contribution in [-0.4, -0.2) is 36.3 Å². The molecule has 0 radical (unpaired) electrons. The number of carboxylic acids is 1. The van der Waals surface area contributed by atoms with Gasteiger partial charge in [0.15, 0.2) is 6.61 Å². The summed E-state index contributed by atoms with van der Waals surface area (Å²) in [5.74, 6) is -0.945. The zero-order valence-corrected chi connectivity index (χ0v) is 17.0. The van der Waals surface area contributed by atoms with E-state index < -0.39 is 22.6 Å². The van der Waals surface area contributed by atoms with Crippen LogP contribution >= 0.6 is 0 Å². The van der Waals surface area contributed by atoms with E-state index in [0.717, 1.165) is 0 Å². The molecule has 3 rings (SSSR count). The standard InChI is InChI=1S/C20H19N3O6S/c1-12-6-8-17(13(2)20(12)29-11-19(25)26)30(27,28)23-15-5-3-4-14(10-15)16-7-9-18(24)22-21-16/h3-10,23H,11H2,1-2H3,(H,22,24)(H,25,26). The number of carbonyl (C=O) groups is 1. The molecule has 3 aromatic rings. The first-order valence-electron chi connectivity index (χ1n) is 8.81. The maximum absolute atomic E-state index is 13.0. The van der Waals surface area contributed by atoms with Crippen LogP contribution in [0, 0.1) is 13.8 Å². The molecule has 3 N–H and O–H groups in total. The van der Waals surface area contributed by atoms with Crippen molar-refractivity contribution in [3.8, 4) is 17.0 Å². The van der Waals surface area contributed by atoms with Crippen LogP contribution in [0.15, 0.2) is 58.2 Å². The average Bonchev–Trinajstić information content (AvgIpc) is 2.67. The van der Waals surface area contributed by atoms with Crippen molar-refractivity contribution in [2.24, 2.45) is 0 Å². The molecular formula is C20H19N3O6S. The van der Waals surface area contributed by atoms with E-state index in [0.29, 0.717) is 28.1 Å². The van der Waals surface area contributed by atoms with Crippen molar-refractivity contribution < 1.29 is 23.1 Å². The highest BCUT2D eigenvalue weighted by molar-refractivity contribution is 7.92. The third kappa shape index (κ3) is 4.66. The minimum Gasteiger partial charge on any atom is -0.481 e. The molecule has 156 valence electrons. The van der Waals surface area contributed by atoms with Crippen molar-refractivity contribution in [2.45, 2.75) is 18.7 Å². The Labute approximate surface area is 172 Å². The van der Waals surface area contributed by atoms with Crippen LogP contribution in [0.25, 0.3) is 11.3 Å². The van der Waals surface area contributed by atoms with Crippen molar-refractivity contribution >= 4 is 21.7 Å². The number of H-pyrrole nitrogens is 1. The number of anilines is 1. The number of nitrogens with zero attached hydrogens (tertiary/aromatic N) is 1. The molecule has 1 aromatic heterocycles. The molecule has 9 nitrogen and oxygen atoms in total. The number of aromatic amines is 1. The molecule has 1 heterocycles. The molecule has 0 unspecified atom stereocenters. The fourth-order valence-electron chi connectivity index (χ4n) is 2.91. The van der Waals surface area contributed by atoms with Gasteiger partial charge in [-0.3, -0.25) is 9.52 Å². The lowest BCUT2D eigenvalue weighted by atomic mass is 10.1. The van der Waals surface area contributed by atoms with E-state index in [1.54, 1.807) is 44.2 Å². The SMILES string of the molecule is Cc1ccc(S(=O)(=O)Nc2cccc(-c3ccc(=O)[nH]n3)c2)c(C)c1OCC(=O)O. The second kappa shape index (κ2) is 8.37. The number of sulfonamides is 1. The number of rotatable bonds is 7. The summed E-state index contributed by atoms with van der Waals surface area (Å²) in [6.07, 6.45) is 0. The Kier molecular flexibility index (Phi) is 5.88. The molecule has 0 atom stereocenters. The molecule has 0 fully saturated rings. The molecule has 0 spiro atoms. The van der Waals surface area contributed by atoms with Crippen LogP contribution in [0.1, 0.15) is 11.1 Å². The summed E-state index contributed by atoms with van der Waals surface area (Å²) < 4.78 is 33.7. The molecule has 0 bridgehead atoms. The number of hydrogen-bond donors (Lipinski definition) is 3. The van der Waals surface area contributed by atoms with Gasteiger partial charge < -0.3 is 9.84 Å². The Hall–Kier alpha value is -3.66. The van der Waals surface area contributed by atoms with E-state index in [4.69, 9.17) is 9.84 Å². The molecule has 0 aliphatic rings. The fourth-order valence-corrected chi connectivity index (χ4v) is 4.20. The number of nitrogens with one attached hydrogen (secondary N) is 2. The zero-order chi connectivity index (χ0) is 21.9. The predicted molar refractivity (Wildman–Crippen MR) is 110 cm³/mol. The molecule has 0 aliphatic carbocycles. The maximum atomic E-state index is 13.0. The Bertz CT molecular complexity index is 1250. The van der Waals surface area contributed by atoms with Crippen LogP contribution in [-0.2, 0) is 14.8 Å². The molecule has 0 amide bonds. The lowest BCUT2D eigenvalue weighted by molar-refractivity contribution is -0.139. The van der Waals surface area contributed by atoms with Gasteiger partial charge in [0.05, 0.1) is 10.6 Å². The van der Waals surface area contributed by atoms with Crippen LogP contribution < -0.4 is 15.0 Å². The molecule has 30 heavy (non-hydrogen) atoms. The van der Waals surface area contributed by atoms with Gasteiger partial charge in [0.25, 0.3) is 15.6 Å². The van der Waals surface area contributed by atoms with Crippen LogP contribution in [0.3, 0.4) is 0 Å². The summed E-state index contributed by atoms with van der Waals surface area (Å²) in [5.41, 5.74) is 1.98. The summed E-state index contributed by atoms with van der Waals surface area (Å²) in [6, 6.07) is 12.4. The fraction of sp³-hybridized carbons (Fsp3) is 0.150. The van der Waals surface area contributed by atoms with E-state index in [1.165, 1.54) is 18.2 Å². The van der Waals surface area contributed by atoms with Crippen molar-refractivity contribution in [3.63, 3.8) is 0 Å². The summed E-state index contributed by atoms with van der Waals surface area (Å²) in [4.78, 5) is 22.0. The minimum absolute atomic E-state index is 0.0268.